The molecule has 0 saturated carbocycles. The van der Waals surface area contributed by atoms with Gasteiger partial charge in [0.15, 0.2) is 0 Å². The minimum absolute atomic E-state index is 0.834. The zero-order valence-corrected chi connectivity index (χ0v) is 11.0. The highest BCUT2D eigenvalue weighted by Crippen LogP contribution is 2.11. The van der Waals surface area contributed by atoms with Crippen molar-refractivity contribution in [3.05, 3.63) is 18.0 Å². The molecule has 4 heteroatoms. The monoisotopic (exact) mass is 236 g/mol. The van der Waals surface area contributed by atoms with Gasteiger partial charge in [0.25, 0.3) is 0 Å². The molecular weight excluding hydrogens is 212 g/mol. The summed E-state index contributed by atoms with van der Waals surface area (Å²) in [5.74, 6) is 0.834. The number of nitrogens with one attached hydrogen (secondary N) is 1. The van der Waals surface area contributed by atoms with Gasteiger partial charge in [-0.15, -0.1) is 0 Å². The number of nitrogens with zero attached hydrogens (tertiary/aromatic N) is 3. The number of rotatable bonds is 5. The normalized spacial score (nSPS) is 21.0. The summed E-state index contributed by atoms with van der Waals surface area (Å²) in [5, 5.41) is 7.68. The van der Waals surface area contributed by atoms with E-state index >= 15 is 0 Å². The molecule has 1 N–H and O–H groups in total. The van der Waals surface area contributed by atoms with Crippen molar-refractivity contribution in [1.82, 2.24) is 20.0 Å². The first-order valence-electron chi connectivity index (χ1n) is 6.62. The van der Waals surface area contributed by atoms with Crippen LogP contribution in [-0.2, 0) is 13.5 Å². The maximum Gasteiger partial charge on any atom is 0.0492 e. The molecule has 0 spiro atoms. The average molecular weight is 236 g/mol. The topological polar surface area (TPSA) is 33.1 Å². The van der Waals surface area contributed by atoms with E-state index in [1.54, 1.807) is 0 Å². The highest BCUT2D eigenvalue weighted by Gasteiger charge is 2.14. The van der Waals surface area contributed by atoms with Crippen LogP contribution in [0.2, 0.25) is 0 Å². The van der Waals surface area contributed by atoms with Crippen LogP contribution in [0.4, 0.5) is 0 Å². The Labute approximate surface area is 104 Å². The lowest BCUT2D eigenvalue weighted by molar-refractivity contribution is 0.244. The smallest absolute Gasteiger partial charge is 0.0492 e. The van der Waals surface area contributed by atoms with Gasteiger partial charge in [-0.05, 0) is 45.0 Å². The Bertz CT molecular complexity index is 328. The highest BCUT2D eigenvalue weighted by atomic mass is 15.3. The van der Waals surface area contributed by atoms with Gasteiger partial charge in [-0.25, -0.2) is 0 Å². The Balaban J connectivity index is 1.70. The summed E-state index contributed by atoms with van der Waals surface area (Å²) in [6, 6.07) is 2.11. The molecule has 0 bridgehead atoms. The van der Waals surface area contributed by atoms with E-state index in [2.05, 4.69) is 28.4 Å². The van der Waals surface area contributed by atoms with Gasteiger partial charge in [0.05, 0.1) is 0 Å². The molecule has 1 aromatic heterocycles. The summed E-state index contributed by atoms with van der Waals surface area (Å²) in [6.45, 7) is 4.73. The molecule has 0 radical (unpaired) electrons. The third-order valence-corrected chi connectivity index (χ3v) is 3.64. The Morgan fingerprint density at radius 1 is 1.59 bits per heavy atom. The second kappa shape index (κ2) is 6.17. The van der Waals surface area contributed by atoms with E-state index in [1.165, 1.54) is 38.2 Å². The van der Waals surface area contributed by atoms with Crippen molar-refractivity contribution in [3.8, 4) is 0 Å². The van der Waals surface area contributed by atoms with Crippen LogP contribution < -0.4 is 5.32 Å². The van der Waals surface area contributed by atoms with E-state index in [1.807, 2.05) is 17.9 Å². The summed E-state index contributed by atoms with van der Waals surface area (Å²) in [5.41, 5.74) is 1.32. The van der Waals surface area contributed by atoms with Crippen molar-refractivity contribution < 1.29 is 0 Å². The average Bonchev–Trinajstić information content (AvgIpc) is 2.74. The molecule has 1 aliphatic heterocycles. The predicted molar refractivity (Wildman–Crippen MR) is 70.0 cm³/mol. The molecule has 2 heterocycles. The molecule has 4 nitrogen and oxygen atoms in total. The molecule has 1 atom stereocenters. The first-order chi connectivity index (χ1) is 8.25. The summed E-state index contributed by atoms with van der Waals surface area (Å²) in [7, 11) is 4.24. The van der Waals surface area contributed by atoms with Crippen molar-refractivity contribution in [1.29, 1.82) is 0 Å². The first-order valence-corrected chi connectivity index (χ1v) is 6.62. The molecule has 1 fully saturated rings. The van der Waals surface area contributed by atoms with Gasteiger partial charge in [-0.3, -0.25) is 4.68 Å². The first kappa shape index (κ1) is 12.6. The van der Waals surface area contributed by atoms with Crippen LogP contribution in [0.15, 0.2) is 12.3 Å². The van der Waals surface area contributed by atoms with Crippen LogP contribution in [0.5, 0.6) is 0 Å². The number of aryl methyl sites for hydroxylation is 1. The summed E-state index contributed by atoms with van der Waals surface area (Å²) < 4.78 is 1.97. The summed E-state index contributed by atoms with van der Waals surface area (Å²) in [6.07, 6.45) is 5.68. The van der Waals surface area contributed by atoms with Gasteiger partial charge < -0.3 is 10.2 Å². The lowest BCUT2D eigenvalue weighted by atomic mass is 9.99. The van der Waals surface area contributed by atoms with E-state index in [4.69, 9.17) is 0 Å². The van der Waals surface area contributed by atoms with E-state index in [9.17, 15) is 0 Å². The van der Waals surface area contributed by atoms with E-state index in [0.29, 0.717) is 0 Å². The van der Waals surface area contributed by atoms with Crippen LogP contribution in [-0.4, -0.2) is 47.9 Å². The van der Waals surface area contributed by atoms with Gasteiger partial charge in [-0.1, -0.05) is 0 Å². The van der Waals surface area contributed by atoms with Crippen LogP contribution in [0.3, 0.4) is 0 Å². The number of hydrogen-bond donors (Lipinski definition) is 1. The van der Waals surface area contributed by atoms with Gasteiger partial charge in [0, 0.05) is 38.4 Å². The van der Waals surface area contributed by atoms with Crippen LogP contribution >= 0.6 is 0 Å². The van der Waals surface area contributed by atoms with Crippen molar-refractivity contribution in [3.63, 3.8) is 0 Å². The van der Waals surface area contributed by atoms with Crippen LogP contribution in [0, 0.1) is 5.92 Å². The number of likely N-dealkylation sites (N-methyl/N-ethyl adjacent to an activating group) is 1. The fourth-order valence-corrected chi connectivity index (χ4v) is 2.56. The molecule has 0 aliphatic carbocycles. The molecule has 1 saturated heterocycles. The molecule has 1 aliphatic rings. The fraction of sp³-hybridized carbons (Fsp3) is 0.769. The SMILES string of the molecule is CN(CCc1ccnn1C)CC1CCCNC1. The standard InChI is InChI=1S/C13H24N4/c1-16(11-12-4-3-7-14-10-12)9-6-13-5-8-15-17(13)2/h5,8,12,14H,3-4,6-7,9-11H2,1-2H3. The molecule has 0 aromatic carbocycles. The van der Waals surface area contributed by atoms with Crippen molar-refractivity contribution in [2.45, 2.75) is 19.3 Å². The summed E-state index contributed by atoms with van der Waals surface area (Å²) in [4.78, 5) is 2.45. The molecule has 1 unspecified atom stereocenters. The number of piperidine rings is 1. The minimum atomic E-state index is 0.834. The number of aromatic nitrogens is 2. The number of hydrogen-bond acceptors (Lipinski definition) is 3. The van der Waals surface area contributed by atoms with Gasteiger partial charge in [0.2, 0.25) is 0 Å². The lowest BCUT2D eigenvalue weighted by Crippen LogP contribution is -2.37. The Morgan fingerprint density at radius 3 is 3.12 bits per heavy atom. The Kier molecular flexibility index (Phi) is 4.57. The van der Waals surface area contributed by atoms with Gasteiger partial charge in [0.1, 0.15) is 0 Å². The maximum absolute atomic E-state index is 4.20. The predicted octanol–water partition coefficient (Wildman–Crippen LogP) is 0.894. The minimum Gasteiger partial charge on any atom is -0.316 e. The summed E-state index contributed by atoms with van der Waals surface area (Å²) >= 11 is 0. The molecule has 2 rings (SSSR count). The third-order valence-electron chi connectivity index (χ3n) is 3.64. The van der Waals surface area contributed by atoms with Crippen molar-refractivity contribution >= 4 is 0 Å². The van der Waals surface area contributed by atoms with E-state index in [-0.39, 0.29) is 0 Å². The highest BCUT2D eigenvalue weighted by molar-refractivity contribution is 5.00. The third kappa shape index (κ3) is 3.82. The lowest BCUT2D eigenvalue weighted by Gasteiger charge is -2.27. The largest absolute Gasteiger partial charge is 0.316 e. The zero-order valence-electron chi connectivity index (χ0n) is 11.0. The molecule has 0 amide bonds. The fourth-order valence-electron chi connectivity index (χ4n) is 2.56. The van der Waals surface area contributed by atoms with Gasteiger partial charge in [-0.2, -0.15) is 5.10 Å². The Morgan fingerprint density at radius 2 is 2.47 bits per heavy atom. The quantitative estimate of drug-likeness (QED) is 0.824. The van der Waals surface area contributed by atoms with E-state index < -0.39 is 0 Å². The molecule has 17 heavy (non-hydrogen) atoms. The van der Waals surface area contributed by atoms with Crippen molar-refractivity contribution in [2.75, 3.05) is 33.2 Å². The van der Waals surface area contributed by atoms with Crippen molar-refractivity contribution in [2.24, 2.45) is 13.0 Å². The molecular formula is C13H24N4. The maximum atomic E-state index is 4.20. The second-order valence-corrected chi connectivity index (χ2v) is 5.17. The van der Waals surface area contributed by atoms with Crippen LogP contribution in [0.1, 0.15) is 18.5 Å². The van der Waals surface area contributed by atoms with Crippen LogP contribution in [0.25, 0.3) is 0 Å². The Hall–Kier alpha value is -0.870. The molecule has 1 aromatic rings. The molecule has 96 valence electrons. The zero-order chi connectivity index (χ0) is 12.1. The van der Waals surface area contributed by atoms with E-state index in [0.717, 1.165) is 18.9 Å². The second-order valence-electron chi connectivity index (χ2n) is 5.17. The van der Waals surface area contributed by atoms with Gasteiger partial charge >= 0.3 is 0 Å².